The quantitative estimate of drug-likeness (QED) is 0.851. The zero-order chi connectivity index (χ0) is 13.9. The van der Waals surface area contributed by atoms with Gasteiger partial charge in [-0.3, -0.25) is 0 Å². The predicted octanol–water partition coefficient (Wildman–Crippen LogP) is 2.58. The SMILES string of the molecule is CCOC(=O)C(N)c1ccc(C)c(C(F)(F)F)c1. The summed E-state index contributed by atoms with van der Waals surface area (Å²) in [5.74, 6) is -0.741. The van der Waals surface area contributed by atoms with E-state index < -0.39 is 23.8 Å². The number of hydrogen-bond donors (Lipinski definition) is 1. The zero-order valence-corrected chi connectivity index (χ0v) is 10.0. The Morgan fingerprint density at radius 1 is 1.44 bits per heavy atom. The summed E-state index contributed by atoms with van der Waals surface area (Å²) in [5.41, 5.74) is 4.93. The Hall–Kier alpha value is -1.56. The van der Waals surface area contributed by atoms with Crippen molar-refractivity contribution in [2.45, 2.75) is 26.1 Å². The van der Waals surface area contributed by atoms with Crippen LogP contribution in [0, 0.1) is 6.92 Å². The minimum Gasteiger partial charge on any atom is -0.465 e. The molecule has 0 fully saturated rings. The second-order valence-corrected chi connectivity index (χ2v) is 3.80. The molecule has 1 rings (SSSR count). The van der Waals surface area contributed by atoms with E-state index >= 15 is 0 Å². The summed E-state index contributed by atoms with van der Waals surface area (Å²) in [6.07, 6.45) is -4.46. The van der Waals surface area contributed by atoms with E-state index in [0.29, 0.717) is 0 Å². The average Bonchev–Trinajstić information content (AvgIpc) is 2.27. The molecule has 0 aromatic heterocycles. The van der Waals surface area contributed by atoms with Crippen molar-refractivity contribution in [1.29, 1.82) is 0 Å². The molecule has 18 heavy (non-hydrogen) atoms. The first kappa shape index (κ1) is 14.5. The van der Waals surface area contributed by atoms with E-state index in [4.69, 9.17) is 5.73 Å². The zero-order valence-electron chi connectivity index (χ0n) is 10.0. The van der Waals surface area contributed by atoms with Gasteiger partial charge in [-0.25, -0.2) is 4.79 Å². The second-order valence-electron chi connectivity index (χ2n) is 3.80. The van der Waals surface area contributed by atoms with Gasteiger partial charge >= 0.3 is 12.1 Å². The van der Waals surface area contributed by atoms with Crippen LogP contribution < -0.4 is 5.73 Å². The van der Waals surface area contributed by atoms with E-state index in [1.165, 1.54) is 19.1 Å². The summed E-state index contributed by atoms with van der Waals surface area (Å²) in [4.78, 5) is 11.4. The van der Waals surface area contributed by atoms with Crippen molar-refractivity contribution >= 4 is 5.97 Å². The number of alkyl halides is 3. The molecule has 1 aromatic rings. The van der Waals surface area contributed by atoms with Crippen LogP contribution in [-0.2, 0) is 15.7 Å². The van der Waals surface area contributed by atoms with E-state index in [9.17, 15) is 18.0 Å². The molecule has 0 aliphatic rings. The lowest BCUT2D eigenvalue weighted by Crippen LogP contribution is -2.24. The molecule has 0 bridgehead atoms. The van der Waals surface area contributed by atoms with Gasteiger partial charge in [0.1, 0.15) is 6.04 Å². The highest BCUT2D eigenvalue weighted by Crippen LogP contribution is 2.33. The molecule has 0 heterocycles. The molecule has 0 saturated carbocycles. The van der Waals surface area contributed by atoms with E-state index in [0.717, 1.165) is 6.07 Å². The van der Waals surface area contributed by atoms with Gasteiger partial charge in [-0.1, -0.05) is 12.1 Å². The van der Waals surface area contributed by atoms with Gasteiger partial charge in [0, 0.05) is 0 Å². The number of hydrogen-bond acceptors (Lipinski definition) is 3. The molecule has 0 aliphatic carbocycles. The fourth-order valence-electron chi connectivity index (χ4n) is 1.51. The molecule has 2 N–H and O–H groups in total. The molecule has 0 radical (unpaired) electrons. The predicted molar refractivity (Wildman–Crippen MR) is 59.7 cm³/mol. The van der Waals surface area contributed by atoms with Crippen LogP contribution in [0.3, 0.4) is 0 Å². The van der Waals surface area contributed by atoms with E-state index in [1.54, 1.807) is 6.92 Å². The Morgan fingerprint density at radius 2 is 2.06 bits per heavy atom. The van der Waals surface area contributed by atoms with E-state index in [-0.39, 0.29) is 17.7 Å². The third kappa shape index (κ3) is 3.22. The molecule has 0 saturated heterocycles. The number of benzene rings is 1. The number of carbonyl (C=O) groups is 1. The monoisotopic (exact) mass is 261 g/mol. The minimum absolute atomic E-state index is 0.0855. The molecule has 0 aliphatic heterocycles. The van der Waals surface area contributed by atoms with Gasteiger partial charge in [-0.15, -0.1) is 0 Å². The maximum atomic E-state index is 12.7. The fourth-order valence-corrected chi connectivity index (χ4v) is 1.51. The van der Waals surface area contributed by atoms with Gasteiger partial charge in [0.15, 0.2) is 0 Å². The lowest BCUT2D eigenvalue weighted by molar-refractivity contribution is -0.145. The first-order valence-electron chi connectivity index (χ1n) is 5.37. The van der Waals surface area contributed by atoms with Crippen molar-refractivity contribution < 1.29 is 22.7 Å². The van der Waals surface area contributed by atoms with Gasteiger partial charge in [0.2, 0.25) is 0 Å². The molecular weight excluding hydrogens is 247 g/mol. The molecule has 1 unspecified atom stereocenters. The number of rotatable bonds is 3. The lowest BCUT2D eigenvalue weighted by Gasteiger charge is -2.15. The van der Waals surface area contributed by atoms with Crippen molar-refractivity contribution in [2.24, 2.45) is 5.73 Å². The highest BCUT2D eigenvalue weighted by molar-refractivity contribution is 5.77. The number of esters is 1. The van der Waals surface area contributed by atoms with Crippen LogP contribution in [0.1, 0.15) is 29.7 Å². The summed E-state index contributed by atoms with van der Waals surface area (Å²) < 4.78 is 42.7. The van der Waals surface area contributed by atoms with Crippen molar-refractivity contribution in [3.05, 3.63) is 34.9 Å². The Balaban J connectivity index is 3.09. The molecule has 1 aromatic carbocycles. The Bertz CT molecular complexity index is 443. The molecule has 0 amide bonds. The number of nitrogens with two attached hydrogens (primary N) is 1. The van der Waals surface area contributed by atoms with Gasteiger partial charge in [-0.2, -0.15) is 13.2 Å². The van der Waals surface area contributed by atoms with E-state index in [2.05, 4.69) is 4.74 Å². The summed E-state index contributed by atoms with van der Waals surface area (Å²) in [7, 11) is 0. The Morgan fingerprint density at radius 3 is 2.56 bits per heavy atom. The van der Waals surface area contributed by atoms with Crippen molar-refractivity contribution in [1.82, 2.24) is 0 Å². The van der Waals surface area contributed by atoms with Crippen LogP contribution in [0.5, 0.6) is 0 Å². The van der Waals surface area contributed by atoms with Crippen LogP contribution in [0.25, 0.3) is 0 Å². The lowest BCUT2D eigenvalue weighted by atomic mass is 10.0. The topological polar surface area (TPSA) is 52.3 Å². The normalized spacial score (nSPS) is 13.2. The van der Waals surface area contributed by atoms with Crippen molar-refractivity contribution in [2.75, 3.05) is 6.61 Å². The van der Waals surface area contributed by atoms with Crippen molar-refractivity contribution in [3.63, 3.8) is 0 Å². The third-order valence-electron chi connectivity index (χ3n) is 2.47. The summed E-state index contributed by atoms with van der Waals surface area (Å²) in [6.45, 7) is 3.08. The summed E-state index contributed by atoms with van der Waals surface area (Å²) in [6, 6.07) is 2.37. The summed E-state index contributed by atoms with van der Waals surface area (Å²) >= 11 is 0. The van der Waals surface area contributed by atoms with Gasteiger partial charge < -0.3 is 10.5 Å². The van der Waals surface area contributed by atoms with Gasteiger partial charge in [0.25, 0.3) is 0 Å². The minimum atomic E-state index is -4.46. The highest BCUT2D eigenvalue weighted by atomic mass is 19.4. The van der Waals surface area contributed by atoms with E-state index in [1.807, 2.05) is 0 Å². The van der Waals surface area contributed by atoms with Gasteiger partial charge in [-0.05, 0) is 31.0 Å². The fraction of sp³-hybridized carbons (Fsp3) is 0.417. The number of halogens is 3. The third-order valence-corrected chi connectivity index (χ3v) is 2.47. The van der Waals surface area contributed by atoms with Gasteiger partial charge in [0.05, 0.1) is 12.2 Å². The molecular formula is C12H14F3NO2. The number of aryl methyl sites for hydroxylation is 1. The molecule has 6 heteroatoms. The average molecular weight is 261 g/mol. The van der Waals surface area contributed by atoms with Crippen LogP contribution in [-0.4, -0.2) is 12.6 Å². The first-order valence-corrected chi connectivity index (χ1v) is 5.37. The number of carbonyl (C=O) groups excluding carboxylic acids is 1. The standard InChI is InChI=1S/C12H14F3NO2/c1-3-18-11(17)10(16)8-5-4-7(2)9(6-8)12(13,14)15/h4-6,10H,3,16H2,1-2H3. The molecule has 0 spiro atoms. The van der Waals surface area contributed by atoms with Crippen LogP contribution in [0.2, 0.25) is 0 Å². The smallest absolute Gasteiger partial charge is 0.416 e. The maximum absolute atomic E-state index is 12.7. The number of ether oxygens (including phenoxy) is 1. The maximum Gasteiger partial charge on any atom is 0.416 e. The van der Waals surface area contributed by atoms with Crippen LogP contribution in [0.4, 0.5) is 13.2 Å². The molecule has 100 valence electrons. The second kappa shape index (κ2) is 5.39. The summed E-state index contributed by atoms with van der Waals surface area (Å²) in [5, 5.41) is 0. The largest absolute Gasteiger partial charge is 0.465 e. The Kier molecular flexibility index (Phi) is 4.34. The Labute approximate surface area is 103 Å². The van der Waals surface area contributed by atoms with Crippen LogP contribution >= 0.6 is 0 Å². The highest BCUT2D eigenvalue weighted by Gasteiger charge is 2.33. The molecule has 1 atom stereocenters. The van der Waals surface area contributed by atoms with Crippen LogP contribution in [0.15, 0.2) is 18.2 Å². The molecule has 3 nitrogen and oxygen atoms in total. The first-order chi connectivity index (χ1) is 8.27. The van der Waals surface area contributed by atoms with Crippen molar-refractivity contribution in [3.8, 4) is 0 Å².